The molecule has 90 valence electrons. The molecule has 0 spiro atoms. The second-order valence-corrected chi connectivity index (χ2v) is 4.39. The molecule has 1 aliphatic rings. The minimum Gasteiger partial charge on any atom is -0.356 e. The zero-order valence-electron chi connectivity index (χ0n) is 9.32. The molecule has 0 fully saturated rings. The Kier molecular flexibility index (Phi) is 6.04. The van der Waals surface area contributed by atoms with Crippen molar-refractivity contribution in [1.82, 2.24) is 15.6 Å². The fourth-order valence-electron chi connectivity index (χ4n) is 1.42. The maximum atomic E-state index is 4.49. The van der Waals surface area contributed by atoms with Crippen LogP contribution in [0.3, 0.4) is 0 Å². The summed E-state index contributed by atoms with van der Waals surface area (Å²) in [6, 6.07) is 0. The van der Waals surface area contributed by atoms with Gasteiger partial charge in [-0.2, -0.15) is 0 Å². The average molecular weight is 352 g/mol. The molecule has 0 aromatic carbocycles. The first kappa shape index (κ1) is 13.7. The van der Waals surface area contributed by atoms with Crippen LogP contribution in [0.25, 0.3) is 0 Å². The standard InChI is InChI=1S/C10H16N4S.HI/c1-2-9-14-8(7-15-9)6-13-10-11-4-3-5-12-10;/h7H,2-6H2,1H3,(H2,11,12,13);1H. The Bertz CT molecular complexity index is 350. The number of rotatable bonds is 3. The van der Waals surface area contributed by atoms with Crippen LogP contribution in [0, 0.1) is 0 Å². The van der Waals surface area contributed by atoms with E-state index in [9.17, 15) is 0 Å². The van der Waals surface area contributed by atoms with Gasteiger partial charge in [-0.15, -0.1) is 35.3 Å². The number of nitrogens with one attached hydrogen (secondary N) is 2. The highest BCUT2D eigenvalue weighted by atomic mass is 127. The van der Waals surface area contributed by atoms with Crippen molar-refractivity contribution in [2.45, 2.75) is 26.3 Å². The van der Waals surface area contributed by atoms with Crippen molar-refractivity contribution in [3.8, 4) is 0 Å². The Balaban J connectivity index is 0.00000128. The van der Waals surface area contributed by atoms with Crippen LogP contribution in [0.2, 0.25) is 0 Å². The summed E-state index contributed by atoms with van der Waals surface area (Å²) in [6.07, 6.45) is 2.14. The van der Waals surface area contributed by atoms with Crippen molar-refractivity contribution in [2.24, 2.45) is 4.99 Å². The normalized spacial score (nSPS) is 14.7. The van der Waals surface area contributed by atoms with Crippen molar-refractivity contribution in [3.05, 3.63) is 16.1 Å². The maximum absolute atomic E-state index is 4.49. The lowest BCUT2D eigenvalue weighted by molar-refractivity contribution is 0.699. The van der Waals surface area contributed by atoms with E-state index < -0.39 is 0 Å². The van der Waals surface area contributed by atoms with E-state index in [4.69, 9.17) is 0 Å². The first-order valence-electron chi connectivity index (χ1n) is 5.34. The Morgan fingerprint density at radius 3 is 3.06 bits per heavy atom. The van der Waals surface area contributed by atoms with Crippen molar-refractivity contribution < 1.29 is 0 Å². The molecule has 1 aromatic rings. The Labute approximate surface area is 117 Å². The van der Waals surface area contributed by atoms with Gasteiger partial charge < -0.3 is 10.6 Å². The third-order valence-corrected chi connectivity index (χ3v) is 3.28. The lowest BCUT2D eigenvalue weighted by Crippen LogP contribution is -2.40. The zero-order chi connectivity index (χ0) is 10.5. The first-order valence-corrected chi connectivity index (χ1v) is 6.22. The van der Waals surface area contributed by atoms with Crippen molar-refractivity contribution >= 4 is 41.3 Å². The molecule has 16 heavy (non-hydrogen) atoms. The highest BCUT2D eigenvalue weighted by molar-refractivity contribution is 14.0. The van der Waals surface area contributed by atoms with Gasteiger partial charge in [-0.25, -0.2) is 4.98 Å². The molecule has 0 atom stereocenters. The third kappa shape index (κ3) is 3.89. The quantitative estimate of drug-likeness (QED) is 0.816. The highest BCUT2D eigenvalue weighted by Gasteiger charge is 2.04. The van der Waals surface area contributed by atoms with Crippen LogP contribution in [0.1, 0.15) is 24.0 Å². The number of aliphatic imine (C=N–C) groups is 1. The van der Waals surface area contributed by atoms with Crippen LogP contribution in [0.5, 0.6) is 0 Å². The fourth-order valence-corrected chi connectivity index (χ4v) is 2.16. The summed E-state index contributed by atoms with van der Waals surface area (Å²) in [4.78, 5) is 8.83. The molecule has 0 unspecified atom stereocenters. The van der Waals surface area contributed by atoms with E-state index in [2.05, 4.69) is 32.9 Å². The van der Waals surface area contributed by atoms with Gasteiger partial charge in [0, 0.05) is 18.5 Å². The second-order valence-electron chi connectivity index (χ2n) is 3.45. The van der Waals surface area contributed by atoms with Crippen molar-refractivity contribution in [3.63, 3.8) is 0 Å². The summed E-state index contributed by atoms with van der Waals surface area (Å²) in [7, 11) is 0. The van der Waals surface area contributed by atoms with E-state index >= 15 is 0 Å². The lowest BCUT2D eigenvalue weighted by Gasteiger charge is -2.15. The van der Waals surface area contributed by atoms with E-state index in [1.807, 2.05) is 0 Å². The van der Waals surface area contributed by atoms with Crippen LogP contribution < -0.4 is 10.6 Å². The summed E-state index contributed by atoms with van der Waals surface area (Å²) in [5.74, 6) is 0.910. The monoisotopic (exact) mass is 352 g/mol. The Hall–Kier alpha value is -0.370. The molecule has 0 bridgehead atoms. The molecule has 6 heteroatoms. The predicted molar refractivity (Wildman–Crippen MR) is 78.7 cm³/mol. The molecule has 1 aromatic heterocycles. The van der Waals surface area contributed by atoms with Crippen molar-refractivity contribution in [1.29, 1.82) is 0 Å². The first-order chi connectivity index (χ1) is 7.38. The number of aryl methyl sites for hydroxylation is 1. The summed E-state index contributed by atoms with van der Waals surface area (Å²) in [6.45, 7) is 4.83. The number of halogens is 1. The smallest absolute Gasteiger partial charge is 0.191 e. The predicted octanol–water partition coefficient (Wildman–Crippen LogP) is 1.76. The van der Waals surface area contributed by atoms with E-state index in [1.165, 1.54) is 5.01 Å². The number of hydrogen-bond acceptors (Lipinski definition) is 5. The molecule has 0 radical (unpaired) electrons. The highest BCUT2D eigenvalue weighted by Crippen LogP contribution is 2.09. The van der Waals surface area contributed by atoms with Gasteiger partial charge in [-0.1, -0.05) is 6.92 Å². The number of guanidine groups is 1. The molecular formula is C10H17IN4S. The summed E-state index contributed by atoms with van der Waals surface area (Å²) >= 11 is 1.72. The Morgan fingerprint density at radius 2 is 2.44 bits per heavy atom. The molecule has 0 amide bonds. The Morgan fingerprint density at radius 1 is 1.56 bits per heavy atom. The fraction of sp³-hybridized carbons (Fsp3) is 0.600. The van der Waals surface area contributed by atoms with Gasteiger partial charge in [0.15, 0.2) is 5.96 Å². The van der Waals surface area contributed by atoms with Gasteiger partial charge in [0.2, 0.25) is 0 Å². The molecular weight excluding hydrogens is 335 g/mol. The van der Waals surface area contributed by atoms with E-state index in [1.54, 1.807) is 11.3 Å². The van der Waals surface area contributed by atoms with Crippen LogP contribution in [0.15, 0.2) is 10.4 Å². The molecule has 1 aliphatic heterocycles. The molecule has 2 rings (SSSR count). The zero-order valence-corrected chi connectivity index (χ0v) is 12.5. The van der Waals surface area contributed by atoms with Gasteiger partial charge >= 0.3 is 0 Å². The second kappa shape index (κ2) is 7.05. The van der Waals surface area contributed by atoms with Gasteiger partial charge in [0.25, 0.3) is 0 Å². The van der Waals surface area contributed by atoms with Crippen LogP contribution in [-0.2, 0) is 13.0 Å². The third-order valence-electron chi connectivity index (χ3n) is 2.24. The van der Waals surface area contributed by atoms with Crippen molar-refractivity contribution in [2.75, 3.05) is 13.1 Å². The number of nitrogens with zero attached hydrogens (tertiary/aromatic N) is 2. The lowest BCUT2D eigenvalue weighted by atomic mass is 10.4. The number of thiazole rings is 1. The number of hydrogen-bond donors (Lipinski definition) is 2. The van der Waals surface area contributed by atoms with Crippen LogP contribution in [-0.4, -0.2) is 24.0 Å². The summed E-state index contributed by atoms with van der Waals surface area (Å²) in [5, 5.41) is 9.79. The minimum atomic E-state index is 0. The minimum absolute atomic E-state index is 0. The van der Waals surface area contributed by atoms with E-state index in [0.717, 1.165) is 44.1 Å². The average Bonchev–Trinajstić information content (AvgIpc) is 2.76. The van der Waals surface area contributed by atoms with Gasteiger partial charge in [-0.3, -0.25) is 4.99 Å². The molecule has 0 saturated heterocycles. The largest absolute Gasteiger partial charge is 0.356 e. The van der Waals surface area contributed by atoms with Gasteiger partial charge in [-0.05, 0) is 12.8 Å². The van der Waals surface area contributed by atoms with Gasteiger partial charge in [0.05, 0.1) is 17.2 Å². The molecule has 2 heterocycles. The molecule has 4 nitrogen and oxygen atoms in total. The van der Waals surface area contributed by atoms with Crippen LogP contribution >= 0.6 is 35.3 Å². The maximum Gasteiger partial charge on any atom is 0.191 e. The summed E-state index contributed by atoms with van der Waals surface area (Å²) < 4.78 is 0. The van der Waals surface area contributed by atoms with E-state index in [0.29, 0.717) is 0 Å². The molecule has 2 N–H and O–H groups in total. The van der Waals surface area contributed by atoms with Gasteiger partial charge in [0.1, 0.15) is 0 Å². The van der Waals surface area contributed by atoms with E-state index in [-0.39, 0.29) is 24.0 Å². The SMILES string of the molecule is CCc1nc(CNC2=NCCCN2)cs1.I. The number of aromatic nitrogens is 1. The molecule has 0 aliphatic carbocycles. The molecule has 0 saturated carbocycles. The topological polar surface area (TPSA) is 49.3 Å². The van der Waals surface area contributed by atoms with Crippen LogP contribution in [0.4, 0.5) is 0 Å². The summed E-state index contributed by atoms with van der Waals surface area (Å²) in [5.41, 5.74) is 1.10.